The molecule has 0 saturated carbocycles. The van der Waals surface area contributed by atoms with E-state index in [1.165, 1.54) is 12.1 Å². The van der Waals surface area contributed by atoms with E-state index in [1.54, 1.807) is 0 Å². The van der Waals surface area contributed by atoms with E-state index >= 15 is 0 Å². The van der Waals surface area contributed by atoms with Crippen LogP contribution < -0.4 is 5.69 Å². The second-order valence-electron chi connectivity index (χ2n) is 3.90. The monoisotopic (exact) mass is 256 g/mol. The van der Waals surface area contributed by atoms with Crippen LogP contribution in [-0.2, 0) is 0 Å². The molecular formula is C10H10ClFN4O. The molecule has 7 heteroatoms. The third kappa shape index (κ3) is 2.08. The van der Waals surface area contributed by atoms with Crippen molar-refractivity contribution in [3.8, 4) is 5.69 Å². The lowest BCUT2D eigenvalue weighted by Crippen LogP contribution is -2.17. The number of aromatic amines is 1. The molecule has 0 saturated heterocycles. The molecule has 0 aliphatic carbocycles. The third-order valence-electron chi connectivity index (χ3n) is 2.39. The van der Waals surface area contributed by atoms with Crippen LogP contribution in [-0.4, -0.2) is 20.2 Å². The average molecular weight is 257 g/mol. The molecule has 0 atom stereocenters. The van der Waals surface area contributed by atoms with Crippen molar-refractivity contribution in [1.29, 1.82) is 0 Å². The summed E-state index contributed by atoms with van der Waals surface area (Å²) in [5.41, 5.74) is 0.191. The van der Waals surface area contributed by atoms with E-state index in [-0.39, 0.29) is 11.6 Å². The zero-order valence-electron chi connectivity index (χ0n) is 9.24. The standard InChI is InChI=1S/C10H10ClFN4O/c1-5(2)6-3-9(8(12)4-7(6)11)16-10(17)13-14-15-16/h3-5H,1-2H3,(H,13,15,17). The van der Waals surface area contributed by atoms with Gasteiger partial charge in [0.15, 0.2) is 5.82 Å². The minimum absolute atomic E-state index is 0.0388. The van der Waals surface area contributed by atoms with E-state index in [4.69, 9.17) is 11.6 Å². The zero-order chi connectivity index (χ0) is 12.6. The molecule has 17 heavy (non-hydrogen) atoms. The summed E-state index contributed by atoms with van der Waals surface area (Å²) in [6.07, 6.45) is 0. The van der Waals surface area contributed by atoms with E-state index in [0.29, 0.717) is 5.02 Å². The fraction of sp³-hybridized carbons (Fsp3) is 0.300. The first-order chi connectivity index (χ1) is 8.00. The highest BCUT2D eigenvalue weighted by Crippen LogP contribution is 2.28. The van der Waals surface area contributed by atoms with Gasteiger partial charge in [0, 0.05) is 5.02 Å². The van der Waals surface area contributed by atoms with Crippen molar-refractivity contribution in [2.45, 2.75) is 19.8 Å². The van der Waals surface area contributed by atoms with Gasteiger partial charge in [0.1, 0.15) is 5.69 Å². The van der Waals surface area contributed by atoms with E-state index < -0.39 is 11.5 Å². The normalized spacial score (nSPS) is 11.1. The molecule has 0 bridgehead atoms. The Bertz CT molecular complexity index is 605. The molecule has 1 aromatic heterocycles. The van der Waals surface area contributed by atoms with Crippen LogP contribution in [0.3, 0.4) is 0 Å². The van der Waals surface area contributed by atoms with Gasteiger partial charge in [-0.15, -0.1) is 0 Å². The Balaban J connectivity index is 2.67. The summed E-state index contributed by atoms with van der Waals surface area (Å²) < 4.78 is 14.6. The number of halogens is 2. The molecule has 0 aliphatic rings. The Kier molecular flexibility index (Phi) is 2.97. The van der Waals surface area contributed by atoms with E-state index in [2.05, 4.69) is 15.5 Å². The summed E-state index contributed by atoms with van der Waals surface area (Å²) in [6.45, 7) is 3.85. The van der Waals surface area contributed by atoms with Gasteiger partial charge < -0.3 is 0 Å². The lowest BCUT2D eigenvalue weighted by atomic mass is 10.0. The van der Waals surface area contributed by atoms with Crippen LogP contribution in [0.25, 0.3) is 5.69 Å². The number of benzene rings is 1. The van der Waals surface area contributed by atoms with Crippen molar-refractivity contribution in [3.05, 3.63) is 39.0 Å². The van der Waals surface area contributed by atoms with Gasteiger partial charge in [0.05, 0.1) is 0 Å². The third-order valence-corrected chi connectivity index (χ3v) is 2.72. The molecule has 1 aromatic carbocycles. The summed E-state index contributed by atoms with van der Waals surface area (Å²) in [5.74, 6) is -0.500. The SMILES string of the molecule is CC(C)c1cc(-n2nn[nH]c2=O)c(F)cc1Cl. The number of nitrogens with zero attached hydrogens (tertiary/aromatic N) is 3. The Morgan fingerprint density at radius 1 is 1.47 bits per heavy atom. The van der Waals surface area contributed by atoms with Gasteiger partial charge in [-0.3, -0.25) is 0 Å². The molecule has 0 fully saturated rings. The van der Waals surface area contributed by atoms with Crippen LogP contribution in [0.15, 0.2) is 16.9 Å². The summed E-state index contributed by atoms with van der Waals surface area (Å²) >= 11 is 5.93. The summed E-state index contributed by atoms with van der Waals surface area (Å²) in [4.78, 5) is 11.3. The van der Waals surface area contributed by atoms with Gasteiger partial charge in [-0.05, 0) is 34.0 Å². The molecule has 5 nitrogen and oxygen atoms in total. The lowest BCUT2D eigenvalue weighted by molar-refractivity contribution is 0.602. The predicted octanol–water partition coefficient (Wildman–Crippen LogP) is 1.87. The highest BCUT2D eigenvalue weighted by molar-refractivity contribution is 6.31. The van der Waals surface area contributed by atoms with Crippen LogP contribution in [0.2, 0.25) is 5.02 Å². The fourth-order valence-corrected chi connectivity index (χ4v) is 1.88. The minimum Gasteiger partial charge on any atom is -0.244 e. The first-order valence-corrected chi connectivity index (χ1v) is 5.38. The Hall–Kier alpha value is -1.69. The molecule has 1 N–H and O–H groups in total. The Morgan fingerprint density at radius 3 is 2.71 bits per heavy atom. The average Bonchev–Trinajstić information content (AvgIpc) is 2.64. The van der Waals surface area contributed by atoms with Crippen LogP contribution in [0.5, 0.6) is 0 Å². The van der Waals surface area contributed by atoms with E-state index in [0.717, 1.165) is 10.2 Å². The van der Waals surface area contributed by atoms with Gasteiger partial charge >= 0.3 is 5.69 Å². The number of H-pyrrole nitrogens is 1. The highest BCUT2D eigenvalue weighted by Gasteiger charge is 2.14. The second-order valence-corrected chi connectivity index (χ2v) is 4.31. The molecule has 0 spiro atoms. The first-order valence-electron chi connectivity index (χ1n) is 5.00. The zero-order valence-corrected chi connectivity index (χ0v) is 9.99. The molecule has 0 amide bonds. The van der Waals surface area contributed by atoms with Crippen molar-refractivity contribution in [2.75, 3.05) is 0 Å². The maximum absolute atomic E-state index is 13.7. The number of nitrogens with one attached hydrogen (secondary N) is 1. The molecule has 0 aliphatic heterocycles. The first kappa shape index (κ1) is 11.8. The van der Waals surface area contributed by atoms with Crippen molar-refractivity contribution in [3.63, 3.8) is 0 Å². The van der Waals surface area contributed by atoms with Crippen LogP contribution >= 0.6 is 11.6 Å². The van der Waals surface area contributed by atoms with Crippen molar-refractivity contribution >= 4 is 11.6 Å². The lowest BCUT2D eigenvalue weighted by Gasteiger charge is -2.10. The Labute approximate surface area is 101 Å². The maximum atomic E-state index is 13.7. The van der Waals surface area contributed by atoms with Gasteiger partial charge in [0.25, 0.3) is 0 Å². The highest BCUT2D eigenvalue weighted by atomic mass is 35.5. The van der Waals surface area contributed by atoms with E-state index in [9.17, 15) is 9.18 Å². The van der Waals surface area contributed by atoms with Crippen molar-refractivity contribution < 1.29 is 4.39 Å². The minimum atomic E-state index is -0.615. The fourth-order valence-electron chi connectivity index (χ4n) is 1.51. The molecule has 90 valence electrons. The molecule has 2 aromatic rings. The van der Waals surface area contributed by atoms with Gasteiger partial charge in [0.2, 0.25) is 0 Å². The van der Waals surface area contributed by atoms with Gasteiger partial charge in [-0.2, -0.15) is 4.68 Å². The molecule has 0 radical (unpaired) electrons. The quantitative estimate of drug-likeness (QED) is 0.892. The molecule has 1 heterocycles. The molecular weight excluding hydrogens is 247 g/mol. The number of hydrogen-bond donors (Lipinski definition) is 1. The van der Waals surface area contributed by atoms with Crippen molar-refractivity contribution in [2.24, 2.45) is 0 Å². The molecule has 0 unspecified atom stereocenters. The van der Waals surface area contributed by atoms with Crippen LogP contribution in [0, 0.1) is 5.82 Å². The second kappa shape index (κ2) is 4.29. The maximum Gasteiger partial charge on any atom is 0.365 e. The largest absolute Gasteiger partial charge is 0.365 e. The number of hydrogen-bond acceptors (Lipinski definition) is 3. The van der Waals surface area contributed by atoms with Gasteiger partial charge in [-0.25, -0.2) is 14.3 Å². The molecule has 2 rings (SSSR count). The Morgan fingerprint density at radius 2 is 2.18 bits per heavy atom. The predicted molar refractivity (Wildman–Crippen MR) is 61.0 cm³/mol. The summed E-state index contributed by atoms with van der Waals surface area (Å²) in [6, 6.07) is 2.68. The topological polar surface area (TPSA) is 63.6 Å². The summed E-state index contributed by atoms with van der Waals surface area (Å²) in [7, 11) is 0. The smallest absolute Gasteiger partial charge is 0.244 e. The van der Waals surface area contributed by atoms with Crippen molar-refractivity contribution in [1.82, 2.24) is 20.2 Å². The van der Waals surface area contributed by atoms with E-state index in [1.807, 2.05) is 13.8 Å². The number of rotatable bonds is 2. The summed E-state index contributed by atoms with van der Waals surface area (Å²) in [5, 5.41) is 9.24. The number of aromatic nitrogens is 4. The van der Waals surface area contributed by atoms with Crippen LogP contribution in [0.1, 0.15) is 25.3 Å². The number of tetrazole rings is 1. The van der Waals surface area contributed by atoms with Crippen LogP contribution in [0.4, 0.5) is 4.39 Å². The van der Waals surface area contributed by atoms with Gasteiger partial charge in [-0.1, -0.05) is 25.4 Å².